The number of hydrogen-bond acceptors (Lipinski definition) is 5. The Kier molecular flexibility index (Phi) is 6.87. The van der Waals surface area contributed by atoms with E-state index in [4.69, 9.17) is 9.73 Å². The molecular weight excluding hydrogens is 394 g/mol. The Labute approximate surface area is 182 Å². The van der Waals surface area contributed by atoms with E-state index in [1.165, 1.54) is 5.69 Å². The van der Waals surface area contributed by atoms with Crippen molar-refractivity contribution in [3.05, 3.63) is 65.9 Å². The number of carbonyl (C=O) groups is 1. The number of hydrogen-bond donors (Lipinski definition) is 0. The number of anilines is 2. The molecule has 0 radical (unpaired) electrons. The molecule has 0 aromatic heterocycles. The lowest BCUT2D eigenvalue weighted by Crippen LogP contribution is -2.36. The maximum absolute atomic E-state index is 13.2. The molecule has 0 atom stereocenters. The van der Waals surface area contributed by atoms with Crippen LogP contribution in [0.1, 0.15) is 25.3 Å². The number of nitrogens with zero attached hydrogens (tertiary/aromatic N) is 3. The number of rotatable bonds is 6. The molecule has 156 valence electrons. The monoisotopic (exact) mass is 421 g/mol. The normalized spacial score (nSPS) is 18.2. The minimum absolute atomic E-state index is 0.0718. The fraction of sp³-hybridized carbons (Fsp3) is 0.333. The van der Waals surface area contributed by atoms with Crippen LogP contribution in [-0.4, -0.2) is 43.1 Å². The summed E-state index contributed by atoms with van der Waals surface area (Å²) in [4.78, 5) is 21.9. The van der Waals surface area contributed by atoms with Gasteiger partial charge in [-0.2, -0.15) is 0 Å². The molecule has 2 heterocycles. The van der Waals surface area contributed by atoms with Gasteiger partial charge in [-0.05, 0) is 42.3 Å². The summed E-state index contributed by atoms with van der Waals surface area (Å²) in [5.74, 6) is 0.880. The minimum atomic E-state index is -0.0718. The zero-order valence-electron chi connectivity index (χ0n) is 17.3. The topological polar surface area (TPSA) is 45.1 Å². The molecule has 0 aliphatic carbocycles. The van der Waals surface area contributed by atoms with Gasteiger partial charge in [0.1, 0.15) is 5.70 Å². The average Bonchev–Trinajstić information content (AvgIpc) is 3.10. The molecule has 0 unspecified atom stereocenters. The second-order valence-electron chi connectivity index (χ2n) is 7.29. The van der Waals surface area contributed by atoms with E-state index in [0.717, 1.165) is 61.3 Å². The van der Waals surface area contributed by atoms with Crippen molar-refractivity contribution in [2.24, 2.45) is 4.99 Å². The molecule has 0 spiro atoms. The zero-order chi connectivity index (χ0) is 20.8. The molecular formula is C24H27N3O2S. The van der Waals surface area contributed by atoms with Crippen molar-refractivity contribution in [2.75, 3.05) is 41.9 Å². The third kappa shape index (κ3) is 4.77. The quantitative estimate of drug-likeness (QED) is 0.496. The van der Waals surface area contributed by atoms with Gasteiger partial charge < -0.3 is 9.64 Å². The third-order valence-electron chi connectivity index (χ3n) is 5.15. The van der Waals surface area contributed by atoms with Crippen molar-refractivity contribution in [1.29, 1.82) is 0 Å². The zero-order valence-corrected chi connectivity index (χ0v) is 18.1. The number of morpholine rings is 1. The SMILES string of the molecule is CCCCSC1=NC(=Cc2ccc(N3CCOCC3)cc2)C(=O)N1c1ccccc1. The molecule has 0 bridgehead atoms. The van der Waals surface area contributed by atoms with Gasteiger partial charge in [-0.3, -0.25) is 9.69 Å². The molecule has 2 aliphatic heterocycles. The van der Waals surface area contributed by atoms with Crippen LogP contribution >= 0.6 is 11.8 Å². The fourth-order valence-electron chi connectivity index (χ4n) is 3.47. The molecule has 1 fully saturated rings. The Morgan fingerprint density at radius 2 is 1.77 bits per heavy atom. The van der Waals surface area contributed by atoms with Crippen LogP contribution in [0.4, 0.5) is 11.4 Å². The van der Waals surface area contributed by atoms with Crippen molar-refractivity contribution in [3.8, 4) is 0 Å². The lowest BCUT2D eigenvalue weighted by molar-refractivity contribution is -0.113. The second kappa shape index (κ2) is 9.96. The number of carbonyl (C=O) groups excluding carboxylic acids is 1. The molecule has 2 aromatic carbocycles. The van der Waals surface area contributed by atoms with Crippen LogP contribution in [0.2, 0.25) is 0 Å². The number of thioether (sulfide) groups is 1. The van der Waals surface area contributed by atoms with Crippen LogP contribution in [0.5, 0.6) is 0 Å². The van der Waals surface area contributed by atoms with E-state index in [2.05, 4.69) is 36.1 Å². The van der Waals surface area contributed by atoms with E-state index >= 15 is 0 Å². The van der Waals surface area contributed by atoms with Gasteiger partial charge in [0.25, 0.3) is 5.91 Å². The van der Waals surface area contributed by atoms with Crippen LogP contribution in [0.25, 0.3) is 6.08 Å². The van der Waals surface area contributed by atoms with Gasteiger partial charge in [-0.1, -0.05) is 55.4 Å². The van der Waals surface area contributed by atoms with Crippen LogP contribution in [0.15, 0.2) is 65.3 Å². The molecule has 30 heavy (non-hydrogen) atoms. The second-order valence-corrected chi connectivity index (χ2v) is 8.36. The number of amides is 1. The van der Waals surface area contributed by atoms with E-state index in [1.807, 2.05) is 36.4 Å². The summed E-state index contributed by atoms with van der Waals surface area (Å²) < 4.78 is 5.43. The van der Waals surface area contributed by atoms with Crippen LogP contribution in [0.3, 0.4) is 0 Å². The first kappa shape index (κ1) is 20.7. The highest BCUT2D eigenvalue weighted by molar-refractivity contribution is 8.14. The molecule has 2 aliphatic rings. The van der Waals surface area contributed by atoms with Crippen molar-refractivity contribution in [3.63, 3.8) is 0 Å². The highest BCUT2D eigenvalue weighted by atomic mass is 32.2. The molecule has 1 saturated heterocycles. The van der Waals surface area contributed by atoms with Crippen LogP contribution in [0, 0.1) is 0 Å². The highest BCUT2D eigenvalue weighted by Crippen LogP contribution is 2.30. The van der Waals surface area contributed by atoms with Gasteiger partial charge in [0.15, 0.2) is 5.17 Å². The lowest BCUT2D eigenvalue weighted by atomic mass is 10.1. The molecule has 0 saturated carbocycles. The summed E-state index contributed by atoms with van der Waals surface area (Å²) in [6, 6.07) is 18.1. The van der Waals surface area contributed by atoms with Crippen molar-refractivity contribution >= 4 is 40.3 Å². The highest BCUT2D eigenvalue weighted by Gasteiger charge is 2.31. The molecule has 1 amide bonds. The summed E-state index contributed by atoms with van der Waals surface area (Å²) in [6.07, 6.45) is 4.11. The summed E-state index contributed by atoms with van der Waals surface area (Å²) in [5, 5.41) is 0.760. The van der Waals surface area contributed by atoms with Gasteiger partial charge >= 0.3 is 0 Å². The molecule has 4 rings (SSSR count). The largest absolute Gasteiger partial charge is 0.378 e. The number of ether oxygens (including phenoxy) is 1. The van der Waals surface area contributed by atoms with Crippen LogP contribution in [-0.2, 0) is 9.53 Å². The smallest absolute Gasteiger partial charge is 0.283 e. The Hall–Kier alpha value is -2.57. The summed E-state index contributed by atoms with van der Waals surface area (Å²) in [6.45, 7) is 5.52. The first-order valence-electron chi connectivity index (χ1n) is 10.5. The standard InChI is InChI=1S/C24H27N3O2S/c1-2-3-17-30-24-25-22(23(28)27(24)21-7-5-4-6-8-21)18-19-9-11-20(12-10-19)26-13-15-29-16-14-26/h4-12,18H,2-3,13-17H2,1H3. The summed E-state index contributed by atoms with van der Waals surface area (Å²) in [5.41, 5.74) is 3.50. The number of aliphatic imine (C=N–C) groups is 1. The van der Waals surface area contributed by atoms with Gasteiger partial charge in [0.05, 0.1) is 18.9 Å². The van der Waals surface area contributed by atoms with Gasteiger partial charge in [-0.15, -0.1) is 0 Å². The summed E-state index contributed by atoms with van der Waals surface area (Å²) >= 11 is 1.65. The van der Waals surface area contributed by atoms with Gasteiger partial charge in [-0.25, -0.2) is 4.99 Å². The maximum atomic E-state index is 13.2. The third-order valence-corrected chi connectivity index (χ3v) is 6.17. The molecule has 6 heteroatoms. The Bertz CT molecular complexity index is 919. The van der Waals surface area contributed by atoms with E-state index in [9.17, 15) is 4.79 Å². The van der Waals surface area contributed by atoms with Gasteiger partial charge in [0, 0.05) is 24.5 Å². The van der Waals surface area contributed by atoms with Crippen molar-refractivity contribution in [2.45, 2.75) is 19.8 Å². The predicted octanol–water partition coefficient (Wildman–Crippen LogP) is 4.80. The van der Waals surface area contributed by atoms with Gasteiger partial charge in [0.2, 0.25) is 0 Å². The molecule has 2 aromatic rings. The Morgan fingerprint density at radius 1 is 1.03 bits per heavy atom. The van der Waals surface area contributed by atoms with Crippen molar-refractivity contribution < 1.29 is 9.53 Å². The maximum Gasteiger partial charge on any atom is 0.283 e. The Morgan fingerprint density at radius 3 is 2.47 bits per heavy atom. The Balaban J connectivity index is 1.56. The van der Waals surface area contributed by atoms with Crippen LogP contribution < -0.4 is 9.80 Å². The number of para-hydroxylation sites is 1. The fourth-order valence-corrected chi connectivity index (χ4v) is 4.56. The number of unbranched alkanes of at least 4 members (excludes halogenated alkanes) is 1. The first-order chi connectivity index (χ1) is 14.8. The number of amidine groups is 1. The average molecular weight is 422 g/mol. The van der Waals surface area contributed by atoms with E-state index in [-0.39, 0.29) is 5.91 Å². The van der Waals surface area contributed by atoms with E-state index < -0.39 is 0 Å². The molecule has 0 N–H and O–H groups in total. The lowest BCUT2D eigenvalue weighted by Gasteiger charge is -2.28. The molecule has 5 nitrogen and oxygen atoms in total. The first-order valence-corrected chi connectivity index (χ1v) is 11.5. The summed E-state index contributed by atoms with van der Waals surface area (Å²) in [7, 11) is 0. The predicted molar refractivity (Wildman–Crippen MR) is 126 cm³/mol. The number of benzene rings is 2. The van der Waals surface area contributed by atoms with E-state index in [1.54, 1.807) is 16.7 Å². The van der Waals surface area contributed by atoms with Crippen molar-refractivity contribution in [1.82, 2.24) is 0 Å². The van der Waals surface area contributed by atoms with E-state index in [0.29, 0.717) is 5.70 Å². The minimum Gasteiger partial charge on any atom is -0.378 e.